The van der Waals surface area contributed by atoms with Gasteiger partial charge in [0, 0.05) is 33.3 Å². The summed E-state index contributed by atoms with van der Waals surface area (Å²) < 4.78 is 60.3. The van der Waals surface area contributed by atoms with Gasteiger partial charge in [-0.1, -0.05) is 19.1 Å². The first-order chi connectivity index (χ1) is 15.5. The number of sulfonamides is 1. The van der Waals surface area contributed by atoms with Crippen molar-refractivity contribution in [2.45, 2.75) is 30.9 Å². The van der Waals surface area contributed by atoms with Crippen LogP contribution >= 0.6 is 0 Å². The number of carbonyl (C=O) groups excluding carboxylic acids is 1. The Bertz CT molecular complexity index is 1030. The zero-order valence-corrected chi connectivity index (χ0v) is 19.9. The van der Waals surface area contributed by atoms with E-state index in [2.05, 4.69) is 0 Å². The molecular formula is C23H30F2N2O5S. The summed E-state index contributed by atoms with van der Waals surface area (Å²) in [5, 5.41) is 9.65. The lowest BCUT2D eigenvalue weighted by molar-refractivity contribution is 0.0220. The topological polar surface area (TPSA) is 87.2 Å². The summed E-state index contributed by atoms with van der Waals surface area (Å²) in [7, 11) is -1.09. The lowest BCUT2D eigenvalue weighted by atomic mass is 10.0. The number of ether oxygens (including phenoxy) is 1. The van der Waals surface area contributed by atoms with E-state index < -0.39 is 52.2 Å². The van der Waals surface area contributed by atoms with Crippen molar-refractivity contribution in [3.63, 3.8) is 0 Å². The van der Waals surface area contributed by atoms with Crippen LogP contribution in [-0.4, -0.2) is 74.6 Å². The molecule has 7 nitrogen and oxygen atoms in total. The highest BCUT2D eigenvalue weighted by Gasteiger charge is 2.33. The second kappa shape index (κ2) is 11.6. The maximum absolute atomic E-state index is 14.0. The van der Waals surface area contributed by atoms with Crippen LogP contribution in [0.15, 0.2) is 53.4 Å². The number of likely N-dealkylation sites (N-methyl/N-ethyl adjacent to an activating group) is 1. The quantitative estimate of drug-likeness (QED) is 0.530. The minimum atomic E-state index is -4.04. The van der Waals surface area contributed by atoms with Gasteiger partial charge in [-0.2, -0.15) is 4.31 Å². The number of rotatable bonds is 11. The number of amides is 1. The Balaban J connectivity index is 2.21. The molecule has 0 aliphatic rings. The van der Waals surface area contributed by atoms with Crippen molar-refractivity contribution in [1.82, 2.24) is 9.21 Å². The average Bonchev–Trinajstić information content (AvgIpc) is 2.80. The summed E-state index contributed by atoms with van der Waals surface area (Å²) >= 11 is 0. The van der Waals surface area contributed by atoms with E-state index in [9.17, 15) is 27.1 Å². The smallest absolute Gasteiger partial charge is 0.256 e. The molecule has 10 heteroatoms. The first-order valence-electron chi connectivity index (χ1n) is 10.4. The van der Waals surface area contributed by atoms with Crippen molar-refractivity contribution < 1.29 is 31.8 Å². The van der Waals surface area contributed by atoms with Crippen LogP contribution in [0, 0.1) is 17.6 Å². The Kier molecular flexibility index (Phi) is 9.47. The van der Waals surface area contributed by atoms with Crippen LogP contribution in [0.25, 0.3) is 0 Å². The highest BCUT2D eigenvalue weighted by Crippen LogP contribution is 2.22. The SMILES string of the molecule is CO[C@H](CN(C)C(=O)c1ccccc1F)[C@@H](C)CN([C@H](C)CO)S(=O)(=O)c1ccc(F)cc1. The van der Waals surface area contributed by atoms with Crippen LogP contribution in [0.2, 0.25) is 0 Å². The van der Waals surface area contributed by atoms with Crippen molar-refractivity contribution in [2.24, 2.45) is 5.92 Å². The molecule has 0 aliphatic carbocycles. The van der Waals surface area contributed by atoms with Crippen molar-refractivity contribution in [3.05, 3.63) is 65.7 Å². The van der Waals surface area contributed by atoms with Crippen molar-refractivity contribution in [3.8, 4) is 0 Å². The summed E-state index contributed by atoms with van der Waals surface area (Å²) in [6.07, 6.45) is -0.581. The minimum absolute atomic E-state index is 0.0261. The summed E-state index contributed by atoms with van der Waals surface area (Å²) in [5.41, 5.74) is -0.0723. The Morgan fingerprint density at radius 3 is 2.21 bits per heavy atom. The van der Waals surface area contributed by atoms with Crippen molar-refractivity contribution in [1.29, 1.82) is 0 Å². The molecular weight excluding hydrogens is 454 g/mol. The lowest BCUT2D eigenvalue weighted by Gasteiger charge is -2.33. The third kappa shape index (κ3) is 6.57. The first kappa shape index (κ1) is 26.8. The van der Waals surface area contributed by atoms with Gasteiger partial charge in [0.05, 0.1) is 23.2 Å². The predicted molar refractivity (Wildman–Crippen MR) is 120 cm³/mol. The molecule has 0 radical (unpaired) electrons. The molecule has 0 aromatic heterocycles. The van der Waals surface area contributed by atoms with Crippen LogP contribution in [0.1, 0.15) is 24.2 Å². The highest BCUT2D eigenvalue weighted by atomic mass is 32.2. The number of aliphatic hydroxyl groups is 1. The number of hydrogen-bond donors (Lipinski definition) is 1. The van der Waals surface area contributed by atoms with Gasteiger partial charge in [-0.05, 0) is 49.2 Å². The van der Waals surface area contributed by atoms with Crippen LogP contribution in [-0.2, 0) is 14.8 Å². The van der Waals surface area contributed by atoms with Gasteiger partial charge in [-0.15, -0.1) is 0 Å². The highest BCUT2D eigenvalue weighted by molar-refractivity contribution is 7.89. The molecule has 3 atom stereocenters. The monoisotopic (exact) mass is 484 g/mol. The molecule has 2 rings (SSSR count). The maximum atomic E-state index is 14.0. The van der Waals surface area contributed by atoms with Gasteiger partial charge in [0.15, 0.2) is 0 Å². The van der Waals surface area contributed by atoms with Crippen LogP contribution < -0.4 is 0 Å². The second-order valence-electron chi connectivity index (χ2n) is 7.98. The molecule has 0 bridgehead atoms. The predicted octanol–water partition coefficient (Wildman–Crippen LogP) is 2.76. The maximum Gasteiger partial charge on any atom is 0.256 e. The first-order valence-corrected chi connectivity index (χ1v) is 11.9. The summed E-state index contributed by atoms with van der Waals surface area (Å²) in [6.45, 7) is 2.96. The van der Waals surface area contributed by atoms with Gasteiger partial charge < -0.3 is 14.7 Å². The number of nitrogens with zero attached hydrogens (tertiary/aromatic N) is 2. The van der Waals surface area contributed by atoms with E-state index in [0.29, 0.717) is 0 Å². The van der Waals surface area contributed by atoms with Gasteiger partial charge in [-0.25, -0.2) is 17.2 Å². The fraction of sp³-hybridized carbons (Fsp3) is 0.435. The van der Waals surface area contributed by atoms with Gasteiger partial charge in [0.2, 0.25) is 10.0 Å². The van der Waals surface area contributed by atoms with E-state index in [1.54, 1.807) is 19.9 Å². The van der Waals surface area contributed by atoms with E-state index in [4.69, 9.17) is 4.74 Å². The second-order valence-corrected chi connectivity index (χ2v) is 9.87. The molecule has 0 heterocycles. The third-order valence-electron chi connectivity index (χ3n) is 5.49. The van der Waals surface area contributed by atoms with E-state index >= 15 is 0 Å². The average molecular weight is 485 g/mol. The largest absolute Gasteiger partial charge is 0.395 e. The standard InChI is InChI=1S/C23H30F2N2O5S/c1-16(22(32-4)14-26(3)23(29)20-7-5-6-8-21(20)25)13-27(17(2)15-28)33(30,31)19-11-9-18(24)10-12-19/h5-12,16-17,22,28H,13-15H2,1-4H3/t16-,17+,22+/m0/s1. The molecule has 182 valence electrons. The molecule has 0 unspecified atom stereocenters. The minimum Gasteiger partial charge on any atom is -0.395 e. The van der Waals surface area contributed by atoms with E-state index in [1.165, 1.54) is 49.4 Å². The molecule has 0 aliphatic heterocycles. The Morgan fingerprint density at radius 2 is 1.67 bits per heavy atom. The number of hydrogen-bond acceptors (Lipinski definition) is 5. The molecule has 1 N–H and O–H groups in total. The molecule has 2 aromatic carbocycles. The van der Waals surface area contributed by atoms with Gasteiger partial charge >= 0.3 is 0 Å². The number of methoxy groups -OCH3 is 1. The molecule has 2 aromatic rings. The zero-order valence-electron chi connectivity index (χ0n) is 19.1. The van der Waals surface area contributed by atoms with E-state index in [1.807, 2.05) is 0 Å². The fourth-order valence-corrected chi connectivity index (χ4v) is 5.15. The van der Waals surface area contributed by atoms with Crippen LogP contribution in [0.3, 0.4) is 0 Å². The van der Waals surface area contributed by atoms with Crippen LogP contribution in [0.5, 0.6) is 0 Å². The Labute approximate surface area is 193 Å². The number of carbonyl (C=O) groups is 1. The normalized spacial score (nSPS) is 14.7. The summed E-state index contributed by atoms with van der Waals surface area (Å²) in [5.74, 6) is -2.13. The zero-order chi connectivity index (χ0) is 24.8. The third-order valence-corrected chi connectivity index (χ3v) is 7.48. The molecule has 0 saturated carbocycles. The van der Waals surface area contributed by atoms with Gasteiger partial charge in [0.25, 0.3) is 5.91 Å². The fourth-order valence-electron chi connectivity index (χ4n) is 3.43. The van der Waals surface area contributed by atoms with Crippen molar-refractivity contribution >= 4 is 15.9 Å². The van der Waals surface area contributed by atoms with E-state index in [0.717, 1.165) is 16.4 Å². The molecule has 33 heavy (non-hydrogen) atoms. The summed E-state index contributed by atoms with van der Waals surface area (Å²) in [6, 6.07) is 9.34. The van der Waals surface area contributed by atoms with Gasteiger partial charge in [0.1, 0.15) is 11.6 Å². The lowest BCUT2D eigenvalue weighted by Crippen LogP contribution is -2.47. The Morgan fingerprint density at radius 1 is 1.06 bits per heavy atom. The molecule has 0 saturated heterocycles. The molecule has 0 fully saturated rings. The van der Waals surface area contributed by atoms with Gasteiger partial charge in [-0.3, -0.25) is 4.79 Å². The summed E-state index contributed by atoms with van der Waals surface area (Å²) in [4.78, 5) is 13.9. The Hall–Kier alpha value is -2.40. The molecule has 1 amide bonds. The van der Waals surface area contributed by atoms with Crippen molar-refractivity contribution in [2.75, 3.05) is 33.9 Å². The number of halogens is 2. The number of aliphatic hydroxyl groups excluding tert-OH is 1. The molecule has 0 spiro atoms. The van der Waals surface area contributed by atoms with Crippen LogP contribution in [0.4, 0.5) is 8.78 Å². The number of benzene rings is 2. The van der Waals surface area contributed by atoms with E-state index in [-0.39, 0.29) is 23.5 Å².